The van der Waals surface area contributed by atoms with Crippen molar-refractivity contribution in [3.63, 3.8) is 0 Å². The molecule has 6 rings (SSSR count). The number of fused-ring (bicyclic) bond motifs is 3. The quantitative estimate of drug-likeness (QED) is 0.428. The topological polar surface area (TPSA) is 110 Å². The van der Waals surface area contributed by atoms with E-state index < -0.39 is 6.04 Å². The number of hydrogen-bond donors (Lipinski definition) is 1. The van der Waals surface area contributed by atoms with Gasteiger partial charge in [-0.05, 0) is 28.1 Å². The zero-order chi connectivity index (χ0) is 22.0. The van der Waals surface area contributed by atoms with Crippen LogP contribution >= 0.6 is 15.9 Å². The highest BCUT2D eigenvalue weighted by Crippen LogP contribution is 2.36. The highest BCUT2D eigenvalue weighted by molar-refractivity contribution is 9.10. The van der Waals surface area contributed by atoms with Gasteiger partial charge in [0.25, 0.3) is 0 Å². The van der Waals surface area contributed by atoms with Crippen LogP contribution in [0.4, 0.5) is 11.6 Å². The van der Waals surface area contributed by atoms with Gasteiger partial charge in [0.2, 0.25) is 5.91 Å². The minimum atomic E-state index is -0.434. The SMILES string of the molecule is Nc1c(Br)c(N2CCN3C(=O)CC(=O)C3C2)nc2c(-c3cnc4ccccc4c3)cnn12. The van der Waals surface area contributed by atoms with Gasteiger partial charge in [-0.3, -0.25) is 14.6 Å². The van der Waals surface area contributed by atoms with Crippen LogP contribution in [0, 0.1) is 0 Å². The molecule has 4 aromatic rings. The lowest BCUT2D eigenvalue weighted by Gasteiger charge is -2.37. The number of hydrogen-bond acceptors (Lipinski definition) is 7. The van der Waals surface area contributed by atoms with Crippen molar-refractivity contribution in [1.82, 2.24) is 24.5 Å². The van der Waals surface area contributed by atoms with Gasteiger partial charge in [-0.1, -0.05) is 18.2 Å². The molecule has 10 heteroatoms. The molecule has 2 aliphatic heterocycles. The van der Waals surface area contributed by atoms with Gasteiger partial charge in [0.15, 0.2) is 11.4 Å². The first-order valence-corrected chi connectivity index (χ1v) is 11.1. The fourth-order valence-corrected chi connectivity index (χ4v) is 5.04. The lowest BCUT2D eigenvalue weighted by atomic mass is 10.1. The van der Waals surface area contributed by atoms with E-state index in [1.807, 2.05) is 29.2 Å². The molecule has 0 radical (unpaired) electrons. The molecule has 32 heavy (non-hydrogen) atoms. The molecule has 1 aromatic carbocycles. The van der Waals surface area contributed by atoms with Gasteiger partial charge in [-0.15, -0.1) is 0 Å². The average Bonchev–Trinajstić information content (AvgIpc) is 3.36. The smallest absolute Gasteiger partial charge is 0.230 e. The monoisotopic (exact) mass is 491 g/mol. The maximum atomic E-state index is 12.3. The molecule has 3 aromatic heterocycles. The number of carbonyl (C=O) groups is 2. The Balaban J connectivity index is 1.45. The highest BCUT2D eigenvalue weighted by Gasteiger charge is 2.42. The molecule has 160 valence electrons. The number of Topliss-reactive ketones (excluding diaryl/α,β-unsaturated/α-hetero) is 1. The third kappa shape index (κ3) is 2.79. The first-order valence-electron chi connectivity index (χ1n) is 10.3. The maximum absolute atomic E-state index is 12.3. The minimum Gasteiger partial charge on any atom is -0.383 e. The van der Waals surface area contributed by atoms with Gasteiger partial charge in [-0.25, -0.2) is 4.98 Å². The molecule has 5 heterocycles. The number of rotatable bonds is 2. The number of carbonyl (C=O) groups excluding carboxylic acids is 2. The van der Waals surface area contributed by atoms with E-state index in [-0.39, 0.29) is 18.1 Å². The number of nitrogens with two attached hydrogens (primary N) is 1. The second kappa shape index (κ2) is 6.99. The Bertz CT molecular complexity index is 1430. The number of para-hydroxylation sites is 1. The van der Waals surface area contributed by atoms with E-state index in [1.54, 1.807) is 21.8 Å². The summed E-state index contributed by atoms with van der Waals surface area (Å²) in [6.45, 7) is 1.44. The molecule has 0 aliphatic carbocycles. The molecule has 2 aliphatic rings. The summed E-state index contributed by atoms with van der Waals surface area (Å²) in [6.07, 6.45) is 3.52. The second-order valence-electron chi connectivity index (χ2n) is 8.04. The van der Waals surface area contributed by atoms with Gasteiger partial charge in [0, 0.05) is 42.3 Å². The zero-order valence-electron chi connectivity index (χ0n) is 16.9. The van der Waals surface area contributed by atoms with Gasteiger partial charge >= 0.3 is 0 Å². The fourth-order valence-electron chi connectivity index (χ4n) is 4.53. The van der Waals surface area contributed by atoms with Gasteiger partial charge in [0.1, 0.15) is 22.2 Å². The van der Waals surface area contributed by atoms with Crippen molar-refractivity contribution < 1.29 is 9.59 Å². The Morgan fingerprint density at radius 3 is 2.84 bits per heavy atom. The Morgan fingerprint density at radius 1 is 1.12 bits per heavy atom. The molecule has 1 amide bonds. The number of halogens is 1. The summed E-state index contributed by atoms with van der Waals surface area (Å²) in [5.41, 5.74) is 9.63. The number of nitrogen functional groups attached to an aromatic ring is 1. The van der Waals surface area contributed by atoms with Crippen LogP contribution < -0.4 is 10.6 Å². The summed E-state index contributed by atoms with van der Waals surface area (Å²) in [5.74, 6) is 0.916. The Labute approximate surface area is 191 Å². The number of ketones is 1. The number of nitrogens with zero attached hydrogens (tertiary/aromatic N) is 6. The van der Waals surface area contributed by atoms with Crippen LogP contribution in [0.2, 0.25) is 0 Å². The Kier molecular flexibility index (Phi) is 4.19. The fraction of sp³-hybridized carbons (Fsp3) is 0.227. The van der Waals surface area contributed by atoms with Gasteiger partial charge < -0.3 is 15.5 Å². The number of pyridine rings is 1. The lowest BCUT2D eigenvalue weighted by molar-refractivity contribution is -0.129. The van der Waals surface area contributed by atoms with E-state index in [0.29, 0.717) is 41.4 Å². The number of benzene rings is 1. The second-order valence-corrected chi connectivity index (χ2v) is 8.83. The first-order chi connectivity index (χ1) is 15.5. The summed E-state index contributed by atoms with van der Waals surface area (Å²) >= 11 is 3.57. The summed E-state index contributed by atoms with van der Waals surface area (Å²) < 4.78 is 2.21. The van der Waals surface area contributed by atoms with Crippen LogP contribution in [0.5, 0.6) is 0 Å². The van der Waals surface area contributed by atoms with Crippen LogP contribution in [0.15, 0.2) is 47.2 Å². The van der Waals surface area contributed by atoms with E-state index in [9.17, 15) is 9.59 Å². The highest BCUT2D eigenvalue weighted by atomic mass is 79.9. The largest absolute Gasteiger partial charge is 0.383 e. The first kappa shape index (κ1) is 19.2. The molecule has 2 fully saturated rings. The van der Waals surface area contributed by atoms with E-state index in [0.717, 1.165) is 22.0 Å². The van der Waals surface area contributed by atoms with Crippen molar-refractivity contribution in [2.45, 2.75) is 12.5 Å². The Morgan fingerprint density at radius 2 is 1.97 bits per heavy atom. The number of anilines is 2. The van der Waals surface area contributed by atoms with Crippen LogP contribution in [0.3, 0.4) is 0 Å². The van der Waals surface area contributed by atoms with Crippen molar-refractivity contribution in [1.29, 1.82) is 0 Å². The third-order valence-electron chi connectivity index (χ3n) is 6.20. The van der Waals surface area contributed by atoms with Crippen molar-refractivity contribution in [3.8, 4) is 11.1 Å². The predicted octanol–water partition coefficient (Wildman–Crippen LogP) is 2.28. The normalized spacial score (nSPS) is 18.7. The molecular formula is C22H18BrN7O2. The van der Waals surface area contributed by atoms with Crippen molar-refractivity contribution in [3.05, 3.63) is 47.2 Å². The van der Waals surface area contributed by atoms with Crippen LogP contribution in [-0.2, 0) is 9.59 Å². The summed E-state index contributed by atoms with van der Waals surface area (Å²) in [6, 6.07) is 9.54. The minimum absolute atomic E-state index is 0.0178. The van der Waals surface area contributed by atoms with E-state index >= 15 is 0 Å². The molecular weight excluding hydrogens is 474 g/mol. The number of piperazine rings is 1. The zero-order valence-corrected chi connectivity index (χ0v) is 18.5. The standard InChI is InChI=1S/C22H18BrN7O2/c23-19-20(24)30-21(14(10-26-30)13-7-12-3-1-2-4-15(12)25-9-13)27-22(19)28-5-6-29-16(11-28)17(31)8-18(29)32/h1-4,7,9-10,16H,5-6,8,11,24H2. The molecule has 0 bridgehead atoms. The van der Waals surface area contributed by atoms with E-state index in [4.69, 9.17) is 10.7 Å². The average molecular weight is 492 g/mol. The molecule has 9 nitrogen and oxygen atoms in total. The number of amides is 1. The van der Waals surface area contributed by atoms with Crippen molar-refractivity contribution >= 4 is 55.8 Å². The molecule has 0 spiro atoms. The lowest BCUT2D eigenvalue weighted by Crippen LogP contribution is -2.53. The predicted molar refractivity (Wildman–Crippen MR) is 123 cm³/mol. The maximum Gasteiger partial charge on any atom is 0.230 e. The molecule has 1 atom stereocenters. The van der Waals surface area contributed by atoms with Gasteiger partial charge in [-0.2, -0.15) is 9.61 Å². The Hall–Kier alpha value is -3.53. The van der Waals surface area contributed by atoms with Crippen molar-refractivity contribution in [2.24, 2.45) is 0 Å². The van der Waals surface area contributed by atoms with Gasteiger partial charge in [0.05, 0.1) is 18.1 Å². The van der Waals surface area contributed by atoms with Crippen LogP contribution in [0.1, 0.15) is 6.42 Å². The molecule has 2 N–H and O–H groups in total. The summed E-state index contributed by atoms with van der Waals surface area (Å²) in [5, 5.41) is 5.47. The molecule has 1 unspecified atom stereocenters. The number of aromatic nitrogens is 4. The summed E-state index contributed by atoms with van der Waals surface area (Å²) in [4.78, 5) is 37.5. The van der Waals surface area contributed by atoms with E-state index in [1.165, 1.54) is 0 Å². The van der Waals surface area contributed by atoms with Crippen LogP contribution in [0.25, 0.3) is 27.7 Å². The third-order valence-corrected chi connectivity index (χ3v) is 6.96. The van der Waals surface area contributed by atoms with Crippen LogP contribution in [-0.4, -0.2) is 61.8 Å². The molecule has 0 saturated carbocycles. The molecule has 2 saturated heterocycles. The van der Waals surface area contributed by atoms with Crippen molar-refractivity contribution in [2.75, 3.05) is 30.3 Å². The summed E-state index contributed by atoms with van der Waals surface area (Å²) in [7, 11) is 0. The van der Waals surface area contributed by atoms with E-state index in [2.05, 4.69) is 32.1 Å².